The van der Waals surface area contributed by atoms with Crippen molar-refractivity contribution in [3.05, 3.63) is 65.3 Å². The van der Waals surface area contributed by atoms with Gasteiger partial charge in [-0.25, -0.2) is 4.98 Å². The Morgan fingerprint density at radius 2 is 1.84 bits per heavy atom. The maximum atomic E-state index is 12.8. The third-order valence-electron chi connectivity index (χ3n) is 4.51. The van der Waals surface area contributed by atoms with E-state index in [0.29, 0.717) is 15.5 Å². The van der Waals surface area contributed by atoms with Crippen LogP contribution in [0.25, 0.3) is 16.2 Å². The quantitative estimate of drug-likeness (QED) is 0.437. The van der Waals surface area contributed by atoms with Crippen LogP contribution in [0.1, 0.15) is 15.4 Å². The van der Waals surface area contributed by atoms with Gasteiger partial charge in [-0.2, -0.15) is 0 Å². The summed E-state index contributed by atoms with van der Waals surface area (Å²) < 4.78 is 48.8. The summed E-state index contributed by atoms with van der Waals surface area (Å²) in [6, 6.07) is 12.8. The summed E-state index contributed by atoms with van der Waals surface area (Å²) in [5.41, 5.74) is 2.17. The molecule has 2 aromatic carbocycles. The van der Waals surface area contributed by atoms with E-state index in [0.717, 1.165) is 34.4 Å². The number of para-hydroxylation sites is 2. The first-order valence-corrected chi connectivity index (χ1v) is 9.86. The molecule has 1 N–H and O–H groups in total. The number of imidazole rings is 1. The molecule has 2 heterocycles. The number of methoxy groups -OCH3 is 1. The Labute approximate surface area is 178 Å². The van der Waals surface area contributed by atoms with E-state index < -0.39 is 18.0 Å². The number of alkyl halides is 3. The van der Waals surface area contributed by atoms with E-state index >= 15 is 0 Å². The predicted octanol–water partition coefficient (Wildman–Crippen LogP) is 5.53. The Morgan fingerprint density at radius 1 is 1.13 bits per heavy atom. The number of amides is 1. The fourth-order valence-electron chi connectivity index (χ4n) is 3.02. The smallest absolute Gasteiger partial charge is 0.497 e. The third-order valence-corrected chi connectivity index (χ3v) is 5.67. The Kier molecular flexibility index (Phi) is 5.32. The zero-order chi connectivity index (χ0) is 22.2. The molecule has 4 aromatic rings. The summed E-state index contributed by atoms with van der Waals surface area (Å²) in [5, 5.41) is 2.49. The van der Waals surface area contributed by atoms with Crippen LogP contribution in [0.15, 0.2) is 54.7 Å². The SMILES string of the molecule is COc1ccc(-c2cn3c(C)c(C(=O)Nc4ccccc4OC(F)(F)F)sc3n2)cc1. The number of ether oxygens (including phenoxy) is 2. The molecule has 10 heteroatoms. The van der Waals surface area contributed by atoms with Crippen LogP contribution in [-0.4, -0.2) is 28.8 Å². The maximum Gasteiger partial charge on any atom is 0.573 e. The van der Waals surface area contributed by atoms with Crippen molar-refractivity contribution in [1.82, 2.24) is 9.38 Å². The van der Waals surface area contributed by atoms with Gasteiger partial charge in [-0.3, -0.25) is 9.20 Å². The average molecular weight is 447 g/mol. The number of aryl methyl sites for hydroxylation is 1. The monoisotopic (exact) mass is 447 g/mol. The van der Waals surface area contributed by atoms with Gasteiger partial charge in [0.1, 0.15) is 10.6 Å². The summed E-state index contributed by atoms with van der Waals surface area (Å²) in [4.78, 5) is 18.2. The Morgan fingerprint density at radius 3 is 2.48 bits per heavy atom. The summed E-state index contributed by atoms with van der Waals surface area (Å²) in [6.07, 6.45) is -3.06. The van der Waals surface area contributed by atoms with Crippen molar-refractivity contribution < 1.29 is 27.4 Å². The lowest BCUT2D eigenvalue weighted by Gasteiger charge is -2.13. The lowest BCUT2D eigenvalue weighted by Crippen LogP contribution is -2.19. The lowest BCUT2D eigenvalue weighted by atomic mass is 10.2. The number of carbonyl (C=O) groups excluding carboxylic acids is 1. The molecule has 31 heavy (non-hydrogen) atoms. The van der Waals surface area contributed by atoms with Crippen molar-refractivity contribution in [2.24, 2.45) is 0 Å². The van der Waals surface area contributed by atoms with Crippen LogP contribution in [0, 0.1) is 6.92 Å². The van der Waals surface area contributed by atoms with E-state index in [9.17, 15) is 18.0 Å². The minimum atomic E-state index is -4.86. The summed E-state index contributed by atoms with van der Waals surface area (Å²) in [6.45, 7) is 1.75. The number of aromatic nitrogens is 2. The number of nitrogens with zero attached hydrogens (tertiary/aromatic N) is 2. The average Bonchev–Trinajstić information content (AvgIpc) is 3.28. The van der Waals surface area contributed by atoms with E-state index in [1.54, 1.807) is 24.6 Å². The van der Waals surface area contributed by atoms with E-state index in [-0.39, 0.29) is 5.69 Å². The van der Waals surface area contributed by atoms with Crippen molar-refractivity contribution in [3.63, 3.8) is 0 Å². The van der Waals surface area contributed by atoms with Gasteiger partial charge in [-0.1, -0.05) is 23.5 Å². The van der Waals surface area contributed by atoms with Crippen LogP contribution in [0.3, 0.4) is 0 Å². The fraction of sp³-hybridized carbons (Fsp3) is 0.143. The van der Waals surface area contributed by atoms with Crippen molar-refractivity contribution in [1.29, 1.82) is 0 Å². The van der Waals surface area contributed by atoms with Crippen LogP contribution in [0.2, 0.25) is 0 Å². The third kappa shape index (κ3) is 4.33. The van der Waals surface area contributed by atoms with Gasteiger partial charge in [0.2, 0.25) is 0 Å². The zero-order valence-electron chi connectivity index (χ0n) is 16.4. The van der Waals surface area contributed by atoms with E-state index in [1.165, 1.54) is 18.2 Å². The number of hydrogen-bond donors (Lipinski definition) is 1. The van der Waals surface area contributed by atoms with Gasteiger partial charge in [0.05, 0.1) is 18.5 Å². The minimum Gasteiger partial charge on any atom is -0.497 e. The molecule has 6 nitrogen and oxygen atoms in total. The molecule has 1 amide bonds. The molecular weight excluding hydrogens is 431 g/mol. The zero-order valence-corrected chi connectivity index (χ0v) is 17.2. The second kappa shape index (κ2) is 7.95. The number of thiazole rings is 1. The Bertz CT molecular complexity index is 1250. The van der Waals surface area contributed by atoms with Gasteiger partial charge in [0.15, 0.2) is 10.7 Å². The molecule has 0 aliphatic heterocycles. The van der Waals surface area contributed by atoms with E-state index in [2.05, 4.69) is 15.0 Å². The molecule has 0 radical (unpaired) electrons. The second-order valence-corrected chi connectivity index (χ2v) is 7.50. The highest BCUT2D eigenvalue weighted by Gasteiger charge is 2.32. The van der Waals surface area contributed by atoms with Gasteiger partial charge in [-0.05, 0) is 43.3 Å². The normalized spacial score (nSPS) is 11.5. The van der Waals surface area contributed by atoms with Crippen molar-refractivity contribution in [2.75, 3.05) is 12.4 Å². The molecule has 0 saturated heterocycles. The van der Waals surface area contributed by atoms with Gasteiger partial charge in [0, 0.05) is 17.5 Å². The first-order valence-electron chi connectivity index (χ1n) is 9.04. The molecule has 0 fully saturated rings. The number of carbonyl (C=O) groups is 1. The first-order chi connectivity index (χ1) is 14.7. The van der Waals surface area contributed by atoms with Gasteiger partial charge in [-0.15, -0.1) is 13.2 Å². The van der Waals surface area contributed by atoms with E-state index in [1.807, 2.05) is 24.3 Å². The van der Waals surface area contributed by atoms with Crippen LogP contribution >= 0.6 is 11.3 Å². The largest absolute Gasteiger partial charge is 0.573 e. The van der Waals surface area contributed by atoms with Crippen molar-refractivity contribution >= 4 is 27.9 Å². The topological polar surface area (TPSA) is 64.9 Å². The van der Waals surface area contributed by atoms with Crippen LogP contribution < -0.4 is 14.8 Å². The standard InChI is InChI=1S/C21H16F3N3O3S/c1-12-18(19(28)25-15-5-3-4-6-17(15)30-21(22,23)24)31-20-26-16(11-27(12)20)13-7-9-14(29-2)10-8-13/h3-11H,1-2H3,(H,25,28). The molecule has 0 bridgehead atoms. The number of anilines is 1. The molecule has 0 aliphatic carbocycles. The highest BCUT2D eigenvalue weighted by molar-refractivity contribution is 7.19. The van der Waals surface area contributed by atoms with E-state index in [4.69, 9.17) is 4.74 Å². The number of benzene rings is 2. The van der Waals surface area contributed by atoms with Crippen LogP contribution in [0.5, 0.6) is 11.5 Å². The highest BCUT2D eigenvalue weighted by Crippen LogP contribution is 2.32. The summed E-state index contributed by atoms with van der Waals surface area (Å²) in [7, 11) is 1.59. The first kappa shape index (κ1) is 20.7. The molecule has 0 spiro atoms. The minimum absolute atomic E-state index is 0.0748. The molecule has 160 valence electrons. The van der Waals surface area contributed by atoms with Crippen LogP contribution in [0.4, 0.5) is 18.9 Å². The molecule has 0 saturated carbocycles. The molecule has 0 unspecified atom stereocenters. The molecule has 2 aromatic heterocycles. The summed E-state index contributed by atoms with van der Waals surface area (Å²) in [5.74, 6) is -0.295. The van der Waals surface area contributed by atoms with Gasteiger partial charge < -0.3 is 14.8 Å². The molecular formula is C21H16F3N3O3S. The van der Waals surface area contributed by atoms with Crippen molar-refractivity contribution in [3.8, 4) is 22.8 Å². The van der Waals surface area contributed by atoms with Gasteiger partial charge in [0.25, 0.3) is 5.91 Å². The number of nitrogens with one attached hydrogen (secondary N) is 1. The molecule has 4 rings (SSSR count). The number of rotatable bonds is 5. The summed E-state index contributed by atoms with van der Waals surface area (Å²) >= 11 is 1.15. The molecule has 0 aliphatic rings. The number of halogens is 3. The predicted molar refractivity (Wildman–Crippen MR) is 111 cm³/mol. The second-order valence-electron chi connectivity index (χ2n) is 6.52. The molecule has 0 atom stereocenters. The highest BCUT2D eigenvalue weighted by atomic mass is 32.1. The number of hydrogen-bond acceptors (Lipinski definition) is 5. The van der Waals surface area contributed by atoms with Crippen molar-refractivity contribution in [2.45, 2.75) is 13.3 Å². The van der Waals surface area contributed by atoms with Crippen LogP contribution in [-0.2, 0) is 0 Å². The Hall–Kier alpha value is -3.53. The fourth-order valence-corrected chi connectivity index (χ4v) is 4.03. The van der Waals surface area contributed by atoms with Gasteiger partial charge >= 0.3 is 6.36 Å². The maximum absolute atomic E-state index is 12.8. The lowest BCUT2D eigenvalue weighted by molar-refractivity contribution is -0.274. The Balaban J connectivity index is 1.60. The number of fused-ring (bicyclic) bond motifs is 1.